The SMILES string of the molecule is Cc1cccc(C2CNNC2C2CCN(C(=O)c3cnn4ccn(C)c34)CC2)c1. The maximum atomic E-state index is 13.1. The van der Waals surface area contributed by atoms with E-state index in [0.29, 0.717) is 23.4 Å². The lowest BCUT2D eigenvalue weighted by Gasteiger charge is -2.36. The number of carbonyl (C=O) groups excluding carboxylic acids is 1. The first-order chi connectivity index (χ1) is 14.1. The summed E-state index contributed by atoms with van der Waals surface area (Å²) in [5, 5.41) is 4.31. The molecule has 0 bridgehead atoms. The number of carbonyl (C=O) groups is 1. The fraction of sp³-hybridized carbons (Fsp3) is 0.455. The third-order valence-corrected chi connectivity index (χ3v) is 6.59. The van der Waals surface area contributed by atoms with Gasteiger partial charge in [-0.25, -0.2) is 4.52 Å². The van der Waals surface area contributed by atoms with Crippen molar-refractivity contribution in [2.45, 2.75) is 31.7 Å². The Hall–Kier alpha value is -2.64. The summed E-state index contributed by atoms with van der Waals surface area (Å²) in [6.45, 7) is 4.70. The summed E-state index contributed by atoms with van der Waals surface area (Å²) in [5.41, 5.74) is 11.2. The molecule has 2 aliphatic heterocycles. The Morgan fingerprint density at radius 1 is 1.21 bits per heavy atom. The Morgan fingerprint density at radius 3 is 2.83 bits per heavy atom. The highest BCUT2D eigenvalue weighted by molar-refractivity contribution is 5.99. The number of hydrazine groups is 1. The van der Waals surface area contributed by atoms with Crippen LogP contribution in [0.25, 0.3) is 5.65 Å². The molecule has 2 atom stereocenters. The summed E-state index contributed by atoms with van der Waals surface area (Å²) in [6.07, 6.45) is 7.54. The van der Waals surface area contributed by atoms with Crippen molar-refractivity contribution in [3.05, 3.63) is 59.5 Å². The van der Waals surface area contributed by atoms with Gasteiger partial charge in [0.05, 0.1) is 6.20 Å². The highest BCUT2D eigenvalue weighted by atomic mass is 16.2. The number of hydrogen-bond donors (Lipinski definition) is 2. The molecule has 5 rings (SSSR count). The lowest BCUT2D eigenvalue weighted by atomic mass is 9.80. The zero-order valence-corrected chi connectivity index (χ0v) is 17.0. The molecule has 3 aromatic rings. The molecule has 0 spiro atoms. The number of nitrogens with zero attached hydrogens (tertiary/aromatic N) is 4. The molecule has 1 aromatic carbocycles. The molecule has 0 radical (unpaired) electrons. The number of hydrogen-bond acceptors (Lipinski definition) is 4. The van der Waals surface area contributed by atoms with Crippen molar-refractivity contribution < 1.29 is 4.79 Å². The van der Waals surface area contributed by atoms with Crippen LogP contribution in [0.2, 0.25) is 0 Å². The van der Waals surface area contributed by atoms with Gasteiger partial charge in [0, 0.05) is 51.0 Å². The van der Waals surface area contributed by atoms with Crippen LogP contribution in [0.15, 0.2) is 42.9 Å². The molecule has 2 fully saturated rings. The molecule has 4 heterocycles. The van der Waals surface area contributed by atoms with Crippen LogP contribution < -0.4 is 10.9 Å². The predicted octanol–water partition coefficient (Wildman–Crippen LogP) is 2.09. The second-order valence-electron chi connectivity index (χ2n) is 8.44. The zero-order chi connectivity index (χ0) is 20.0. The van der Waals surface area contributed by atoms with E-state index in [1.165, 1.54) is 11.1 Å². The van der Waals surface area contributed by atoms with Gasteiger partial charge in [-0.1, -0.05) is 29.8 Å². The van der Waals surface area contributed by atoms with Gasteiger partial charge in [-0.15, -0.1) is 0 Å². The van der Waals surface area contributed by atoms with Gasteiger partial charge >= 0.3 is 0 Å². The van der Waals surface area contributed by atoms with Crippen molar-refractivity contribution in [2.24, 2.45) is 13.0 Å². The van der Waals surface area contributed by atoms with Crippen LogP contribution in [0.4, 0.5) is 0 Å². The molecule has 0 aliphatic carbocycles. The summed E-state index contributed by atoms with van der Waals surface area (Å²) >= 11 is 0. The number of fused-ring (bicyclic) bond motifs is 1. The Morgan fingerprint density at radius 2 is 2.03 bits per heavy atom. The molecule has 2 saturated heterocycles. The zero-order valence-electron chi connectivity index (χ0n) is 17.0. The van der Waals surface area contributed by atoms with Gasteiger partial charge in [0.2, 0.25) is 0 Å². The predicted molar refractivity (Wildman–Crippen MR) is 112 cm³/mol. The molecule has 2 aromatic heterocycles. The molecule has 2 N–H and O–H groups in total. The fourth-order valence-electron chi connectivity index (χ4n) is 5.02. The summed E-state index contributed by atoms with van der Waals surface area (Å²) < 4.78 is 3.72. The van der Waals surface area contributed by atoms with Crippen molar-refractivity contribution in [3.63, 3.8) is 0 Å². The number of piperidine rings is 1. The maximum absolute atomic E-state index is 13.1. The van der Waals surface area contributed by atoms with Crippen molar-refractivity contribution in [3.8, 4) is 0 Å². The minimum absolute atomic E-state index is 0.0907. The number of imidazole rings is 1. The van der Waals surface area contributed by atoms with Crippen LogP contribution in [-0.2, 0) is 7.05 Å². The van der Waals surface area contributed by atoms with Crippen LogP contribution in [0.1, 0.15) is 40.2 Å². The first kappa shape index (κ1) is 18.4. The number of benzene rings is 1. The topological polar surface area (TPSA) is 66.6 Å². The van der Waals surface area contributed by atoms with E-state index in [4.69, 9.17) is 0 Å². The number of nitrogens with one attached hydrogen (secondary N) is 2. The van der Waals surface area contributed by atoms with Gasteiger partial charge in [0.25, 0.3) is 5.91 Å². The first-order valence-electron chi connectivity index (χ1n) is 10.4. The van der Waals surface area contributed by atoms with Gasteiger partial charge in [0.15, 0.2) is 0 Å². The van der Waals surface area contributed by atoms with Crippen LogP contribution in [0, 0.1) is 12.8 Å². The monoisotopic (exact) mass is 392 g/mol. The second kappa shape index (κ2) is 7.31. The largest absolute Gasteiger partial charge is 0.338 e. The average Bonchev–Trinajstić information content (AvgIpc) is 3.46. The van der Waals surface area contributed by atoms with E-state index in [-0.39, 0.29) is 5.91 Å². The van der Waals surface area contributed by atoms with Gasteiger partial charge in [-0.2, -0.15) is 5.10 Å². The second-order valence-corrected chi connectivity index (χ2v) is 8.44. The maximum Gasteiger partial charge on any atom is 0.259 e. The quantitative estimate of drug-likeness (QED) is 0.716. The lowest BCUT2D eigenvalue weighted by molar-refractivity contribution is 0.0671. The number of amides is 1. The van der Waals surface area contributed by atoms with E-state index in [2.05, 4.69) is 47.1 Å². The van der Waals surface area contributed by atoms with E-state index in [1.54, 1.807) is 10.7 Å². The van der Waals surface area contributed by atoms with Gasteiger partial charge < -0.3 is 9.47 Å². The Bertz CT molecular complexity index is 1030. The normalized spacial score (nSPS) is 23.2. The summed E-state index contributed by atoms with van der Waals surface area (Å²) in [5.74, 6) is 1.12. The molecule has 152 valence electrons. The Labute approximate surface area is 170 Å². The average molecular weight is 393 g/mol. The van der Waals surface area contributed by atoms with Crippen LogP contribution in [0.3, 0.4) is 0 Å². The van der Waals surface area contributed by atoms with E-state index in [0.717, 1.165) is 38.1 Å². The number of rotatable bonds is 3. The number of likely N-dealkylation sites (tertiary alicyclic amines) is 1. The molecule has 7 nitrogen and oxygen atoms in total. The Kier molecular flexibility index (Phi) is 4.64. The minimum atomic E-state index is 0.0907. The van der Waals surface area contributed by atoms with Crippen molar-refractivity contribution in [1.82, 2.24) is 29.9 Å². The molecule has 2 aliphatic rings. The van der Waals surface area contributed by atoms with Crippen LogP contribution in [0.5, 0.6) is 0 Å². The number of aromatic nitrogens is 3. The van der Waals surface area contributed by atoms with Crippen molar-refractivity contribution >= 4 is 11.6 Å². The minimum Gasteiger partial charge on any atom is -0.338 e. The first-order valence-corrected chi connectivity index (χ1v) is 10.4. The van der Waals surface area contributed by atoms with Crippen LogP contribution >= 0.6 is 0 Å². The van der Waals surface area contributed by atoms with E-state index >= 15 is 0 Å². The highest BCUT2D eigenvalue weighted by Gasteiger charge is 2.37. The fourth-order valence-corrected chi connectivity index (χ4v) is 5.02. The molecule has 1 amide bonds. The molecule has 0 saturated carbocycles. The Balaban J connectivity index is 1.27. The van der Waals surface area contributed by atoms with E-state index in [9.17, 15) is 4.79 Å². The van der Waals surface area contributed by atoms with Gasteiger partial charge in [0.1, 0.15) is 11.2 Å². The standard InChI is InChI=1S/C22H28N6O/c1-15-4-3-5-17(12-15)18-13-23-25-20(18)16-6-8-27(9-7-16)22(29)19-14-24-28-11-10-26(2)21(19)28/h3-5,10-12,14,16,18,20,23,25H,6-9,13H2,1-2H3. The van der Waals surface area contributed by atoms with E-state index in [1.807, 2.05) is 28.9 Å². The summed E-state index contributed by atoms with van der Waals surface area (Å²) in [6, 6.07) is 9.25. The summed E-state index contributed by atoms with van der Waals surface area (Å²) in [4.78, 5) is 15.1. The van der Waals surface area contributed by atoms with Crippen LogP contribution in [-0.4, -0.2) is 50.7 Å². The number of aryl methyl sites for hydroxylation is 2. The third-order valence-electron chi connectivity index (χ3n) is 6.59. The van der Waals surface area contributed by atoms with Gasteiger partial charge in [-0.3, -0.25) is 15.6 Å². The third kappa shape index (κ3) is 3.24. The highest BCUT2D eigenvalue weighted by Crippen LogP contribution is 2.33. The van der Waals surface area contributed by atoms with Crippen molar-refractivity contribution in [1.29, 1.82) is 0 Å². The van der Waals surface area contributed by atoms with Crippen molar-refractivity contribution in [2.75, 3.05) is 19.6 Å². The molecular formula is C22H28N6O. The van der Waals surface area contributed by atoms with Gasteiger partial charge in [-0.05, 0) is 31.2 Å². The smallest absolute Gasteiger partial charge is 0.259 e. The molecule has 2 unspecified atom stereocenters. The molecule has 29 heavy (non-hydrogen) atoms. The molecular weight excluding hydrogens is 364 g/mol. The summed E-state index contributed by atoms with van der Waals surface area (Å²) in [7, 11) is 1.95. The lowest BCUT2D eigenvalue weighted by Crippen LogP contribution is -2.45. The van der Waals surface area contributed by atoms with E-state index < -0.39 is 0 Å². The molecule has 7 heteroatoms.